The topological polar surface area (TPSA) is 129 Å². The van der Waals surface area contributed by atoms with E-state index >= 15 is 0 Å². The molecule has 0 spiro atoms. The molecule has 1 aliphatic heterocycles. The molecule has 0 bridgehead atoms. The van der Waals surface area contributed by atoms with E-state index in [4.69, 9.17) is 18.9 Å². The summed E-state index contributed by atoms with van der Waals surface area (Å²) in [4.78, 5) is 56.4. The predicted octanol–water partition coefficient (Wildman–Crippen LogP) is 5.44. The maximum Gasteiger partial charge on any atom is 0.408 e. The van der Waals surface area contributed by atoms with Gasteiger partial charge < -0.3 is 29.6 Å². The summed E-state index contributed by atoms with van der Waals surface area (Å²) in [5, 5.41) is 4.62. The lowest BCUT2D eigenvalue weighted by Crippen LogP contribution is -2.66. The van der Waals surface area contributed by atoms with Crippen molar-refractivity contribution in [3.63, 3.8) is 0 Å². The van der Waals surface area contributed by atoms with Crippen molar-refractivity contribution in [3.8, 4) is 11.5 Å². The molecule has 11 heteroatoms. The van der Waals surface area contributed by atoms with Gasteiger partial charge in [0, 0.05) is 16.1 Å². The minimum atomic E-state index is -2.28. The standard InChI is InChI=1S/C32H34N2O8S/c1-30(2,3)42-29(38)34-32(24-9-7-8-10-25(24)33-26(32)35)31(4,28(37)43-23-17-15-22(40-6)16-18-23)27(36)41-19-20-11-13-21(39-5)14-12-20/h7-18H,19H2,1-6H3,(H,33,35)(H,34,38). The van der Waals surface area contributed by atoms with E-state index in [1.54, 1.807) is 93.6 Å². The van der Waals surface area contributed by atoms with Crippen LogP contribution in [-0.2, 0) is 36.0 Å². The zero-order valence-corrected chi connectivity index (χ0v) is 25.6. The molecule has 0 fully saturated rings. The molecule has 0 aromatic heterocycles. The molecule has 226 valence electrons. The van der Waals surface area contributed by atoms with E-state index in [1.807, 2.05) is 0 Å². The SMILES string of the molecule is COc1ccc(COC(=O)C(C)(C(=O)Sc2ccc(OC)cc2)C2(NC(=O)OC(C)(C)C)C(=O)Nc3ccccc32)cc1. The van der Waals surface area contributed by atoms with Gasteiger partial charge in [0.25, 0.3) is 5.91 Å². The van der Waals surface area contributed by atoms with Crippen LogP contribution >= 0.6 is 11.8 Å². The molecule has 3 aromatic rings. The Morgan fingerprint density at radius 2 is 1.44 bits per heavy atom. The Labute approximate surface area is 254 Å². The maximum atomic E-state index is 14.4. The second kappa shape index (κ2) is 12.4. The molecule has 2 N–H and O–H groups in total. The largest absolute Gasteiger partial charge is 0.497 e. The molecule has 1 aliphatic rings. The number of methoxy groups -OCH3 is 2. The van der Waals surface area contributed by atoms with Gasteiger partial charge in [0.15, 0.2) is 11.0 Å². The second-order valence-corrected chi connectivity index (χ2v) is 12.0. The number of carbonyl (C=O) groups excluding carboxylic acids is 4. The van der Waals surface area contributed by atoms with E-state index < -0.39 is 39.6 Å². The molecule has 2 atom stereocenters. The third kappa shape index (κ3) is 6.31. The maximum absolute atomic E-state index is 14.4. The third-order valence-electron chi connectivity index (χ3n) is 6.97. The molecule has 0 aliphatic carbocycles. The summed E-state index contributed by atoms with van der Waals surface area (Å²) in [6, 6.07) is 20.0. The van der Waals surface area contributed by atoms with Gasteiger partial charge in [-0.1, -0.05) is 42.1 Å². The Bertz CT molecular complexity index is 1520. The van der Waals surface area contributed by atoms with Gasteiger partial charge in [-0.3, -0.25) is 14.4 Å². The van der Waals surface area contributed by atoms with Gasteiger partial charge in [0.05, 0.1) is 14.2 Å². The molecule has 0 saturated heterocycles. The quantitative estimate of drug-likeness (QED) is 0.186. The first-order chi connectivity index (χ1) is 20.3. The van der Waals surface area contributed by atoms with Gasteiger partial charge in [0.2, 0.25) is 5.12 Å². The Hall–Kier alpha value is -4.51. The summed E-state index contributed by atoms with van der Waals surface area (Å²) in [5.41, 5.74) is -4.26. The van der Waals surface area contributed by atoms with E-state index in [0.29, 0.717) is 27.6 Å². The first kappa shape index (κ1) is 31.4. The number of nitrogens with one attached hydrogen (secondary N) is 2. The highest BCUT2D eigenvalue weighted by Gasteiger charge is 2.68. The summed E-state index contributed by atoms with van der Waals surface area (Å²) >= 11 is 0.743. The average Bonchev–Trinajstić information content (AvgIpc) is 3.26. The summed E-state index contributed by atoms with van der Waals surface area (Å²) in [6.45, 7) is 6.09. The molecule has 1 heterocycles. The zero-order valence-electron chi connectivity index (χ0n) is 24.8. The molecule has 2 amide bonds. The normalized spacial score (nSPS) is 17.1. The number of hydrogen-bond acceptors (Lipinski definition) is 9. The molecular formula is C32H34N2O8S. The smallest absolute Gasteiger partial charge is 0.408 e. The number of esters is 1. The fraction of sp³-hybridized carbons (Fsp3) is 0.312. The van der Waals surface area contributed by atoms with Crippen LogP contribution in [0.15, 0.2) is 77.7 Å². The van der Waals surface area contributed by atoms with Crippen LogP contribution < -0.4 is 20.1 Å². The number of rotatable bonds is 9. The molecular weight excluding hydrogens is 572 g/mol. The number of anilines is 1. The van der Waals surface area contributed by atoms with Gasteiger partial charge in [0.1, 0.15) is 23.7 Å². The van der Waals surface area contributed by atoms with Gasteiger partial charge in [-0.2, -0.15) is 0 Å². The lowest BCUT2D eigenvalue weighted by Gasteiger charge is -2.41. The van der Waals surface area contributed by atoms with Crippen molar-refractivity contribution in [3.05, 3.63) is 83.9 Å². The number of carbonyl (C=O) groups is 4. The van der Waals surface area contributed by atoms with Gasteiger partial charge in [-0.15, -0.1) is 0 Å². The Balaban J connectivity index is 1.83. The van der Waals surface area contributed by atoms with Crippen LogP contribution in [0.2, 0.25) is 0 Å². The number of amides is 2. The van der Waals surface area contributed by atoms with E-state index in [2.05, 4.69) is 10.6 Å². The van der Waals surface area contributed by atoms with Crippen molar-refractivity contribution in [2.24, 2.45) is 5.41 Å². The van der Waals surface area contributed by atoms with E-state index in [1.165, 1.54) is 21.1 Å². The van der Waals surface area contributed by atoms with Gasteiger partial charge in [-0.25, -0.2) is 4.79 Å². The van der Waals surface area contributed by atoms with Crippen molar-refractivity contribution in [1.82, 2.24) is 5.32 Å². The van der Waals surface area contributed by atoms with Crippen LogP contribution in [0.3, 0.4) is 0 Å². The second-order valence-electron chi connectivity index (χ2n) is 11.0. The molecule has 43 heavy (non-hydrogen) atoms. The molecule has 0 radical (unpaired) electrons. The van der Waals surface area contributed by atoms with Crippen LogP contribution in [-0.4, -0.2) is 42.9 Å². The third-order valence-corrected chi connectivity index (χ3v) is 8.08. The van der Waals surface area contributed by atoms with E-state index in [9.17, 15) is 19.2 Å². The molecule has 0 saturated carbocycles. The van der Waals surface area contributed by atoms with E-state index in [0.717, 1.165) is 11.8 Å². The van der Waals surface area contributed by atoms with Gasteiger partial charge >= 0.3 is 12.1 Å². The number of alkyl carbamates (subject to hydrolysis) is 1. The minimum absolute atomic E-state index is 0.204. The number of ether oxygens (including phenoxy) is 4. The number of benzene rings is 3. The first-order valence-corrected chi connectivity index (χ1v) is 14.2. The summed E-state index contributed by atoms with van der Waals surface area (Å²) in [7, 11) is 3.06. The summed E-state index contributed by atoms with van der Waals surface area (Å²) in [5.74, 6) is -0.610. The van der Waals surface area contributed by atoms with Crippen molar-refractivity contribution in [2.45, 2.75) is 50.3 Å². The lowest BCUT2D eigenvalue weighted by atomic mass is 9.67. The number of para-hydroxylation sites is 1. The van der Waals surface area contributed by atoms with Crippen LogP contribution in [0.1, 0.15) is 38.8 Å². The zero-order chi connectivity index (χ0) is 31.4. The molecule has 4 rings (SSSR count). The van der Waals surface area contributed by atoms with Crippen LogP contribution in [0.4, 0.5) is 10.5 Å². The highest BCUT2D eigenvalue weighted by Crippen LogP contribution is 2.51. The van der Waals surface area contributed by atoms with E-state index in [-0.39, 0.29) is 12.2 Å². The van der Waals surface area contributed by atoms with Crippen molar-refractivity contribution >= 4 is 40.5 Å². The molecule has 10 nitrogen and oxygen atoms in total. The highest BCUT2D eigenvalue weighted by atomic mass is 32.2. The van der Waals surface area contributed by atoms with Crippen molar-refractivity contribution < 1.29 is 38.1 Å². The fourth-order valence-corrected chi connectivity index (χ4v) is 5.64. The summed E-state index contributed by atoms with van der Waals surface area (Å²) in [6.07, 6.45) is -0.990. The summed E-state index contributed by atoms with van der Waals surface area (Å²) < 4.78 is 21.7. The monoisotopic (exact) mass is 606 g/mol. The molecule has 2 unspecified atom stereocenters. The average molecular weight is 607 g/mol. The number of hydrogen-bond donors (Lipinski definition) is 2. The molecule has 3 aromatic carbocycles. The minimum Gasteiger partial charge on any atom is -0.497 e. The highest BCUT2D eigenvalue weighted by molar-refractivity contribution is 8.13. The van der Waals surface area contributed by atoms with Gasteiger partial charge in [-0.05, 0) is 75.7 Å². The van der Waals surface area contributed by atoms with Crippen molar-refractivity contribution in [2.75, 3.05) is 19.5 Å². The van der Waals surface area contributed by atoms with Crippen LogP contribution in [0, 0.1) is 5.41 Å². The lowest BCUT2D eigenvalue weighted by molar-refractivity contribution is -0.167. The Kier molecular flexibility index (Phi) is 9.05. The predicted molar refractivity (Wildman–Crippen MR) is 161 cm³/mol. The number of thioether (sulfide) groups is 1. The van der Waals surface area contributed by atoms with Crippen LogP contribution in [0.5, 0.6) is 11.5 Å². The first-order valence-electron chi connectivity index (χ1n) is 13.4. The fourth-order valence-electron chi connectivity index (χ4n) is 4.72. The van der Waals surface area contributed by atoms with Crippen molar-refractivity contribution in [1.29, 1.82) is 0 Å². The Morgan fingerprint density at radius 1 is 0.860 bits per heavy atom. The number of fused-ring (bicyclic) bond motifs is 1. The van der Waals surface area contributed by atoms with Crippen LogP contribution in [0.25, 0.3) is 0 Å². The Morgan fingerprint density at radius 3 is 2.02 bits per heavy atom.